The van der Waals surface area contributed by atoms with Gasteiger partial charge in [0.15, 0.2) is 0 Å². The number of aromatic amines is 1. The number of aliphatic hydroxyl groups excluding tert-OH is 1. The number of carbonyl (C=O) groups excluding carboxylic acids is 3. The van der Waals surface area contributed by atoms with Crippen LogP contribution < -0.4 is 21.7 Å². The quantitative estimate of drug-likeness (QED) is 0.206. The highest BCUT2D eigenvalue weighted by Crippen LogP contribution is 2.03. The fourth-order valence-corrected chi connectivity index (χ4v) is 2.36. The van der Waals surface area contributed by atoms with Gasteiger partial charge in [0.2, 0.25) is 17.7 Å². The summed E-state index contributed by atoms with van der Waals surface area (Å²) in [4.78, 5) is 54.7. The molecule has 0 saturated carbocycles. The molecule has 0 aromatic carbocycles. The lowest BCUT2D eigenvalue weighted by Crippen LogP contribution is -2.57. The molecule has 1 aromatic heterocycles. The molecular formula is C17H28N6O6. The molecule has 29 heavy (non-hydrogen) atoms. The molecule has 162 valence electrons. The zero-order valence-electron chi connectivity index (χ0n) is 16.5. The Morgan fingerprint density at radius 1 is 1.10 bits per heavy atom. The van der Waals surface area contributed by atoms with Crippen LogP contribution in [0.5, 0.6) is 0 Å². The van der Waals surface area contributed by atoms with E-state index in [1.807, 2.05) is 0 Å². The number of amides is 3. The van der Waals surface area contributed by atoms with Crippen molar-refractivity contribution < 1.29 is 29.4 Å². The van der Waals surface area contributed by atoms with Crippen molar-refractivity contribution in [3.8, 4) is 0 Å². The van der Waals surface area contributed by atoms with E-state index in [0.717, 1.165) is 0 Å². The highest BCUT2D eigenvalue weighted by atomic mass is 16.4. The predicted octanol–water partition coefficient (Wildman–Crippen LogP) is -2.51. The molecule has 4 unspecified atom stereocenters. The lowest BCUT2D eigenvalue weighted by atomic mass is 10.0. The Kier molecular flexibility index (Phi) is 9.22. The first-order chi connectivity index (χ1) is 13.6. The highest BCUT2D eigenvalue weighted by molar-refractivity contribution is 5.94. The summed E-state index contributed by atoms with van der Waals surface area (Å²) in [5.41, 5.74) is 6.01. The third-order valence-electron chi connectivity index (χ3n) is 4.13. The molecule has 3 amide bonds. The van der Waals surface area contributed by atoms with Crippen LogP contribution in [-0.2, 0) is 25.6 Å². The van der Waals surface area contributed by atoms with Gasteiger partial charge >= 0.3 is 5.97 Å². The Hall–Kier alpha value is -2.99. The standard InChI is InChI=1S/C17H28N6O6/c1-8(2)13(17(28)29)23-14(25)9(3)21-16(27)12(4-10-5-19-7-20-10)22-15(26)11(18)6-24/h5,7-9,11-13,24H,4,6,18H2,1-3H3,(H,19,20)(H,21,27)(H,22,26)(H,23,25)(H,28,29). The van der Waals surface area contributed by atoms with Gasteiger partial charge in [-0.1, -0.05) is 13.8 Å². The largest absolute Gasteiger partial charge is 0.480 e. The van der Waals surface area contributed by atoms with E-state index in [2.05, 4.69) is 25.9 Å². The molecule has 12 nitrogen and oxygen atoms in total. The minimum absolute atomic E-state index is 0.0355. The molecule has 0 fully saturated rings. The third-order valence-corrected chi connectivity index (χ3v) is 4.13. The summed E-state index contributed by atoms with van der Waals surface area (Å²) in [5.74, 6) is -3.65. The van der Waals surface area contributed by atoms with Crippen LogP contribution in [0.15, 0.2) is 12.5 Å². The van der Waals surface area contributed by atoms with Gasteiger partial charge in [0.1, 0.15) is 24.2 Å². The number of hydrogen-bond acceptors (Lipinski definition) is 7. The minimum atomic E-state index is -1.21. The average molecular weight is 412 g/mol. The molecule has 0 aliphatic rings. The minimum Gasteiger partial charge on any atom is -0.480 e. The maximum Gasteiger partial charge on any atom is 0.326 e. The maximum absolute atomic E-state index is 12.6. The average Bonchev–Trinajstić information content (AvgIpc) is 3.16. The van der Waals surface area contributed by atoms with Crippen LogP contribution in [0.25, 0.3) is 0 Å². The SMILES string of the molecule is CC(NC(=O)C(Cc1cnc[nH]1)NC(=O)C(N)CO)C(=O)NC(C(=O)O)C(C)C. The molecule has 12 heteroatoms. The number of carboxylic acids is 1. The van der Waals surface area contributed by atoms with E-state index in [-0.39, 0.29) is 12.3 Å². The number of H-pyrrole nitrogens is 1. The number of nitrogens with zero attached hydrogens (tertiary/aromatic N) is 1. The highest BCUT2D eigenvalue weighted by Gasteiger charge is 2.29. The zero-order valence-corrected chi connectivity index (χ0v) is 16.5. The number of nitrogens with two attached hydrogens (primary N) is 1. The van der Waals surface area contributed by atoms with Gasteiger partial charge in [-0.3, -0.25) is 14.4 Å². The molecule has 1 aromatic rings. The second-order valence-corrected chi connectivity index (χ2v) is 6.93. The fraction of sp³-hybridized carbons (Fsp3) is 0.588. The van der Waals surface area contributed by atoms with Gasteiger partial charge in [0.25, 0.3) is 0 Å². The summed E-state index contributed by atoms with van der Waals surface area (Å²) in [5, 5.41) is 25.4. The van der Waals surface area contributed by atoms with Crippen molar-refractivity contribution in [1.29, 1.82) is 0 Å². The van der Waals surface area contributed by atoms with Crippen molar-refractivity contribution in [1.82, 2.24) is 25.9 Å². The van der Waals surface area contributed by atoms with E-state index in [1.165, 1.54) is 19.4 Å². The summed E-state index contributed by atoms with van der Waals surface area (Å²) in [6.07, 6.45) is 2.90. The molecule has 1 rings (SSSR count). The van der Waals surface area contributed by atoms with Crippen molar-refractivity contribution >= 4 is 23.7 Å². The number of hydrogen-bond donors (Lipinski definition) is 7. The van der Waals surface area contributed by atoms with Crippen LogP contribution in [0, 0.1) is 5.92 Å². The molecule has 0 spiro atoms. The van der Waals surface area contributed by atoms with Gasteiger partial charge in [-0.25, -0.2) is 9.78 Å². The second kappa shape index (κ2) is 11.1. The van der Waals surface area contributed by atoms with Gasteiger partial charge in [-0.05, 0) is 12.8 Å². The Balaban J connectivity index is 2.82. The first-order valence-corrected chi connectivity index (χ1v) is 9.04. The van der Waals surface area contributed by atoms with Gasteiger partial charge in [-0.2, -0.15) is 0 Å². The van der Waals surface area contributed by atoms with Gasteiger partial charge in [0.05, 0.1) is 12.9 Å². The van der Waals surface area contributed by atoms with Crippen molar-refractivity contribution in [3.63, 3.8) is 0 Å². The summed E-state index contributed by atoms with van der Waals surface area (Å²) in [6.45, 7) is 4.07. The molecule has 0 aliphatic carbocycles. The summed E-state index contributed by atoms with van der Waals surface area (Å²) < 4.78 is 0. The van der Waals surface area contributed by atoms with E-state index < -0.39 is 54.5 Å². The van der Waals surface area contributed by atoms with Crippen molar-refractivity contribution in [3.05, 3.63) is 18.2 Å². The lowest BCUT2D eigenvalue weighted by molar-refractivity contribution is -0.143. The van der Waals surface area contributed by atoms with Crippen LogP contribution in [0.1, 0.15) is 26.5 Å². The first kappa shape index (κ1) is 24.0. The van der Waals surface area contributed by atoms with Crippen LogP contribution in [0.4, 0.5) is 0 Å². The normalized spacial score (nSPS) is 15.1. The zero-order chi connectivity index (χ0) is 22.1. The Bertz CT molecular complexity index is 707. The summed E-state index contributed by atoms with van der Waals surface area (Å²) in [7, 11) is 0. The summed E-state index contributed by atoms with van der Waals surface area (Å²) >= 11 is 0. The molecule has 8 N–H and O–H groups in total. The van der Waals surface area contributed by atoms with Gasteiger partial charge in [0, 0.05) is 18.3 Å². The van der Waals surface area contributed by atoms with E-state index in [1.54, 1.807) is 13.8 Å². The number of carboxylic acid groups (broad SMARTS) is 1. The number of nitrogens with one attached hydrogen (secondary N) is 4. The number of imidazole rings is 1. The van der Waals surface area contributed by atoms with Crippen LogP contribution in [0.2, 0.25) is 0 Å². The van der Waals surface area contributed by atoms with E-state index in [0.29, 0.717) is 5.69 Å². The Morgan fingerprint density at radius 3 is 2.24 bits per heavy atom. The molecule has 0 aliphatic heterocycles. The molecule has 0 saturated heterocycles. The van der Waals surface area contributed by atoms with Crippen molar-refractivity contribution in [2.45, 2.75) is 51.4 Å². The number of aliphatic carboxylic acids is 1. The van der Waals surface area contributed by atoms with Gasteiger partial charge < -0.3 is 36.9 Å². The number of aromatic nitrogens is 2. The predicted molar refractivity (Wildman–Crippen MR) is 101 cm³/mol. The molecule has 0 bridgehead atoms. The lowest BCUT2D eigenvalue weighted by Gasteiger charge is -2.24. The van der Waals surface area contributed by atoms with Crippen molar-refractivity contribution in [2.24, 2.45) is 11.7 Å². The van der Waals surface area contributed by atoms with E-state index in [4.69, 9.17) is 10.8 Å². The smallest absolute Gasteiger partial charge is 0.326 e. The molecule has 1 heterocycles. The van der Waals surface area contributed by atoms with Crippen molar-refractivity contribution in [2.75, 3.05) is 6.61 Å². The molecule has 4 atom stereocenters. The van der Waals surface area contributed by atoms with Gasteiger partial charge in [-0.15, -0.1) is 0 Å². The third kappa shape index (κ3) is 7.50. The molecular weight excluding hydrogens is 384 g/mol. The second-order valence-electron chi connectivity index (χ2n) is 6.93. The molecule has 0 radical (unpaired) electrons. The first-order valence-electron chi connectivity index (χ1n) is 9.04. The van der Waals surface area contributed by atoms with Crippen LogP contribution in [-0.4, -0.2) is 74.6 Å². The maximum atomic E-state index is 12.6. The summed E-state index contributed by atoms with van der Waals surface area (Å²) in [6, 6.07) is -4.48. The van der Waals surface area contributed by atoms with E-state index >= 15 is 0 Å². The topological polar surface area (TPSA) is 200 Å². The Labute approximate surface area is 167 Å². The Morgan fingerprint density at radius 2 is 1.76 bits per heavy atom. The monoisotopic (exact) mass is 412 g/mol. The van der Waals surface area contributed by atoms with Crippen LogP contribution in [0.3, 0.4) is 0 Å². The number of rotatable bonds is 11. The fourth-order valence-electron chi connectivity index (χ4n) is 2.36. The number of carbonyl (C=O) groups is 4. The number of aliphatic hydroxyl groups is 1. The van der Waals surface area contributed by atoms with Crippen LogP contribution >= 0.6 is 0 Å². The van der Waals surface area contributed by atoms with E-state index in [9.17, 15) is 24.3 Å².